The van der Waals surface area contributed by atoms with Crippen molar-refractivity contribution < 1.29 is 18.7 Å². The number of amides is 1. The van der Waals surface area contributed by atoms with Gasteiger partial charge in [-0.2, -0.15) is 0 Å². The van der Waals surface area contributed by atoms with E-state index in [1.54, 1.807) is 43.5 Å². The van der Waals surface area contributed by atoms with Crippen LogP contribution in [0.25, 0.3) is 22.9 Å². The molecule has 1 heterocycles. The summed E-state index contributed by atoms with van der Waals surface area (Å²) in [4.78, 5) is 12.3. The number of carbonyl (C=O) groups excluding carboxylic acids is 1. The molecule has 0 fully saturated rings. The number of benzene rings is 3. The molecule has 0 saturated carbocycles. The van der Waals surface area contributed by atoms with E-state index >= 15 is 0 Å². The fourth-order valence-corrected chi connectivity index (χ4v) is 2.84. The highest BCUT2D eigenvalue weighted by Gasteiger charge is 2.15. The van der Waals surface area contributed by atoms with E-state index in [4.69, 9.17) is 13.9 Å². The van der Waals surface area contributed by atoms with Gasteiger partial charge >= 0.3 is 0 Å². The van der Waals surface area contributed by atoms with Gasteiger partial charge in [-0.05, 0) is 36.4 Å². The first-order valence-corrected chi connectivity index (χ1v) is 9.28. The third-order valence-electron chi connectivity index (χ3n) is 4.28. The molecule has 1 N–H and O–H groups in total. The number of ether oxygens (including phenoxy) is 2. The van der Waals surface area contributed by atoms with Gasteiger partial charge in [0.2, 0.25) is 5.89 Å². The summed E-state index contributed by atoms with van der Waals surface area (Å²) in [6.07, 6.45) is 0. The highest BCUT2D eigenvalue weighted by molar-refractivity contribution is 5.92. The zero-order valence-corrected chi connectivity index (χ0v) is 16.2. The molecule has 0 aliphatic heterocycles. The molecule has 7 nitrogen and oxygen atoms in total. The Morgan fingerprint density at radius 3 is 2.53 bits per heavy atom. The molecule has 1 aromatic heterocycles. The molecule has 4 rings (SSSR count). The Kier molecular flexibility index (Phi) is 5.70. The first kappa shape index (κ1) is 19.2. The van der Waals surface area contributed by atoms with Crippen LogP contribution >= 0.6 is 0 Å². The second-order valence-corrected chi connectivity index (χ2v) is 6.34. The van der Waals surface area contributed by atoms with Crippen molar-refractivity contribution in [3.8, 4) is 34.4 Å². The number of anilines is 1. The minimum atomic E-state index is -0.298. The zero-order chi connectivity index (χ0) is 20.8. The van der Waals surface area contributed by atoms with Gasteiger partial charge in [0.05, 0.1) is 12.7 Å². The molecule has 1 amide bonds. The molecule has 0 radical (unpaired) electrons. The van der Waals surface area contributed by atoms with E-state index in [1.807, 2.05) is 42.5 Å². The number of rotatable bonds is 7. The normalized spacial score (nSPS) is 10.4. The minimum Gasteiger partial charge on any atom is -0.497 e. The summed E-state index contributed by atoms with van der Waals surface area (Å²) in [5, 5.41) is 11.0. The summed E-state index contributed by atoms with van der Waals surface area (Å²) in [6, 6.07) is 23.8. The second kappa shape index (κ2) is 8.91. The van der Waals surface area contributed by atoms with Crippen molar-refractivity contribution >= 4 is 11.6 Å². The van der Waals surface area contributed by atoms with Gasteiger partial charge < -0.3 is 19.2 Å². The Balaban J connectivity index is 1.46. The van der Waals surface area contributed by atoms with Crippen LogP contribution in [0, 0.1) is 0 Å². The highest BCUT2D eigenvalue weighted by atomic mass is 16.5. The van der Waals surface area contributed by atoms with Crippen molar-refractivity contribution in [1.82, 2.24) is 10.2 Å². The Morgan fingerprint density at radius 1 is 0.933 bits per heavy atom. The summed E-state index contributed by atoms with van der Waals surface area (Å²) < 4.78 is 16.7. The largest absolute Gasteiger partial charge is 0.497 e. The fourth-order valence-electron chi connectivity index (χ4n) is 2.84. The van der Waals surface area contributed by atoms with Crippen LogP contribution in [0.4, 0.5) is 5.69 Å². The van der Waals surface area contributed by atoms with Crippen LogP contribution in [0.5, 0.6) is 11.5 Å². The molecule has 0 unspecified atom stereocenters. The quantitative estimate of drug-likeness (QED) is 0.493. The summed E-state index contributed by atoms with van der Waals surface area (Å²) >= 11 is 0. The maximum Gasteiger partial charge on any atom is 0.262 e. The van der Waals surface area contributed by atoms with Crippen LogP contribution in [-0.4, -0.2) is 29.8 Å². The number of para-hydroxylation sites is 1. The molecule has 0 bridgehead atoms. The standard InChI is InChI=1S/C23H19N3O4/c1-28-18-11-7-10-17(14-18)24-21(27)15-29-20-13-6-5-12-19(20)23-26-25-22(30-23)16-8-3-2-4-9-16/h2-14H,15H2,1H3,(H,24,27). The molecule has 150 valence electrons. The number of hydrogen-bond donors (Lipinski definition) is 1. The Bertz CT molecular complexity index is 1140. The Hall–Kier alpha value is -4.13. The lowest BCUT2D eigenvalue weighted by atomic mass is 10.2. The van der Waals surface area contributed by atoms with Crippen LogP contribution < -0.4 is 14.8 Å². The van der Waals surface area contributed by atoms with Crippen LogP contribution in [0.2, 0.25) is 0 Å². The molecule has 7 heteroatoms. The van der Waals surface area contributed by atoms with E-state index in [9.17, 15) is 4.79 Å². The van der Waals surface area contributed by atoms with Gasteiger partial charge in [-0.1, -0.05) is 36.4 Å². The monoisotopic (exact) mass is 401 g/mol. The predicted octanol–water partition coefficient (Wildman–Crippen LogP) is 4.43. The molecule has 0 saturated heterocycles. The Morgan fingerprint density at radius 2 is 1.70 bits per heavy atom. The average molecular weight is 401 g/mol. The number of nitrogens with zero attached hydrogens (tertiary/aromatic N) is 2. The van der Waals surface area contributed by atoms with E-state index in [1.165, 1.54) is 0 Å². The maximum atomic E-state index is 12.3. The molecule has 0 aliphatic carbocycles. The number of aromatic nitrogens is 2. The van der Waals surface area contributed by atoms with Crippen molar-refractivity contribution in [3.05, 3.63) is 78.9 Å². The molecular formula is C23H19N3O4. The summed E-state index contributed by atoms with van der Waals surface area (Å²) in [5.41, 5.74) is 2.06. The van der Waals surface area contributed by atoms with Gasteiger partial charge in [0.1, 0.15) is 11.5 Å². The van der Waals surface area contributed by atoms with E-state index in [0.29, 0.717) is 34.5 Å². The minimum absolute atomic E-state index is 0.173. The van der Waals surface area contributed by atoms with Gasteiger partial charge in [0, 0.05) is 17.3 Å². The number of nitrogens with one attached hydrogen (secondary N) is 1. The highest BCUT2D eigenvalue weighted by Crippen LogP contribution is 2.31. The van der Waals surface area contributed by atoms with Crippen LogP contribution in [0.3, 0.4) is 0 Å². The molecule has 0 aliphatic rings. The third-order valence-corrected chi connectivity index (χ3v) is 4.28. The molecular weight excluding hydrogens is 382 g/mol. The zero-order valence-electron chi connectivity index (χ0n) is 16.2. The third kappa shape index (κ3) is 4.47. The van der Waals surface area contributed by atoms with Gasteiger partial charge in [0.15, 0.2) is 6.61 Å². The van der Waals surface area contributed by atoms with E-state index in [2.05, 4.69) is 15.5 Å². The lowest BCUT2D eigenvalue weighted by molar-refractivity contribution is -0.118. The van der Waals surface area contributed by atoms with Gasteiger partial charge in [-0.15, -0.1) is 10.2 Å². The van der Waals surface area contributed by atoms with Crippen LogP contribution in [-0.2, 0) is 4.79 Å². The topological polar surface area (TPSA) is 86.5 Å². The molecule has 3 aromatic carbocycles. The first-order valence-electron chi connectivity index (χ1n) is 9.28. The number of carbonyl (C=O) groups is 1. The van der Waals surface area contributed by atoms with Gasteiger partial charge in [-0.25, -0.2) is 0 Å². The molecule has 4 aromatic rings. The first-order chi connectivity index (χ1) is 14.7. The van der Waals surface area contributed by atoms with Crippen molar-refractivity contribution in [1.29, 1.82) is 0 Å². The van der Waals surface area contributed by atoms with E-state index in [0.717, 1.165) is 5.56 Å². The fraction of sp³-hybridized carbons (Fsp3) is 0.0870. The van der Waals surface area contributed by atoms with E-state index in [-0.39, 0.29) is 12.5 Å². The van der Waals surface area contributed by atoms with Crippen molar-refractivity contribution in [3.63, 3.8) is 0 Å². The summed E-state index contributed by atoms with van der Waals surface area (Å²) in [6.45, 7) is -0.173. The lowest BCUT2D eigenvalue weighted by Crippen LogP contribution is -2.20. The average Bonchev–Trinajstić information content (AvgIpc) is 3.29. The van der Waals surface area contributed by atoms with Gasteiger partial charge in [-0.3, -0.25) is 4.79 Å². The van der Waals surface area contributed by atoms with Crippen LogP contribution in [0.1, 0.15) is 0 Å². The SMILES string of the molecule is COc1cccc(NC(=O)COc2ccccc2-c2nnc(-c3ccccc3)o2)c1. The smallest absolute Gasteiger partial charge is 0.262 e. The van der Waals surface area contributed by atoms with Crippen molar-refractivity contribution in [2.24, 2.45) is 0 Å². The summed E-state index contributed by atoms with van der Waals surface area (Å²) in [5.74, 6) is 1.56. The molecule has 30 heavy (non-hydrogen) atoms. The van der Waals surface area contributed by atoms with Crippen LogP contribution in [0.15, 0.2) is 83.3 Å². The van der Waals surface area contributed by atoms with Gasteiger partial charge in [0.25, 0.3) is 11.8 Å². The molecule has 0 spiro atoms. The Labute approximate surface area is 173 Å². The number of hydrogen-bond acceptors (Lipinski definition) is 6. The second-order valence-electron chi connectivity index (χ2n) is 6.34. The maximum absolute atomic E-state index is 12.3. The van der Waals surface area contributed by atoms with Crippen molar-refractivity contribution in [2.45, 2.75) is 0 Å². The van der Waals surface area contributed by atoms with Crippen molar-refractivity contribution in [2.75, 3.05) is 19.0 Å². The predicted molar refractivity (Wildman–Crippen MR) is 112 cm³/mol. The van der Waals surface area contributed by atoms with E-state index < -0.39 is 0 Å². The summed E-state index contributed by atoms with van der Waals surface area (Å²) in [7, 11) is 1.57. The molecule has 0 atom stereocenters. The lowest BCUT2D eigenvalue weighted by Gasteiger charge is -2.10. The number of methoxy groups -OCH3 is 1.